The minimum Gasteiger partial charge on any atom is -0.448 e. The molecule has 19 heavy (non-hydrogen) atoms. The Balaban J connectivity index is 2.97. The van der Waals surface area contributed by atoms with E-state index in [1.165, 1.54) is 10.0 Å². The second-order valence-corrected chi connectivity index (χ2v) is 4.49. The molecule has 0 aromatic rings. The molecule has 0 aromatic carbocycles. The number of nitrogens with zero attached hydrogens (tertiary/aromatic N) is 2. The molecular formula is C13H22N2O4. The first-order valence-corrected chi connectivity index (χ1v) is 6.59. The van der Waals surface area contributed by atoms with Crippen LogP contribution in [0.3, 0.4) is 0 Å². The predicted molar refractivity (Wildman–Crippen MR) is 70.4 cm³/mol. The van der Waals surface area contributed by atoms with Gasteiger partial charge in [0.1, 0.15) is 0 Å². The summed E-state index contributed by atoms with van der Waals surface area (Å²) in [7, 11) is 0. The quantitative estimate of drug-likeness (QED) is 0.739. The predicted octanol–water partition coefficient (Wildman–Crippen LogP) is 2.41. The topological polar surface area (TPSA) is 59.1 Å². The highest BCUT2D eigenvalue weighted by molar-refractivity contribution is 5.75. The summed E-state index contributed by atoms with van der Waals surface area (Å²) in [6.07, 6.45) is 2.71. The minimum atomic E-state index is -0.537. The van der Waals surface area contributed by atoms with Gasteiger partial charge >= 0.3 is 12.2 Å². The van der Waals surface area contributed by atoms with Gasteiger partial charge in [-0.05, 0) is 19.8 Å². The van der Waals surface area contributed by atoms with E-state index in [4.69, 9.17) is 9.47 Å². The number of hydrazine groups is 1. The first-order chi connectivity index (χ1) is 9.02. The zero-order valence-corrected chi connectivity index (χ0v) is 12.0. The molecule has 2 amide bonds. The molecule has 0 unspecified atom stereocenters. The summed E-state index contributed by atoms with van der Waals surface area (Å²) in [5.74, 6) is 0.165. The lowest BCUT2D eigenvalue weighted by molar-refractivity contribution is -0.0416. The molecule has 0 bridgehead atoms. The van der Waals surface area contributed by atoms with Crippen LogP contribution < -0.4 is 0 Å². The van der Waals surface area contributed by atoms with Crippen molar-refractivity contribution in [2.45, 2.75) is 33.7 Å². The molecule has 0 saturated carbocycles. The number of amides is 2. The van der Waals surface area contributed by atoms with Crippen LogP contribution in [0.1, 0.15) is 27.7 Å². The van der Waals surface area contributed by atoms with Gasteiger partial charge in [0.25, 0.3) is 0 Å². The summed E-state index contributed by atoms with van der Waals surface area (Å²) in [6, 6.07) is -0.211. The molecule has 6 nitrogen and oxygen atoms in total. The summed E-state index contributed by atoms with van der Waals surface area (Å²) in [6.45, 7) is 8.26. The van der Waals surface area contributed by atoms with Crippen LogP contribution in [0.2, 0.25) is 0 Å². The van der Waals surface area contributed by atoms with Crippen molar-refractivity contribution in [2.24, 2.45) is 5.92 Å². The highest BCUT2D eigenvalue weighted by atomic mass is 16.6. The maximum absolute atomic E-state index is 12.1. The molecule has 6 heteroatoms. The molecule has 1 aliphatic rings. The first-order valence-electron chi connectivity index (χ1n) is 6.59. The van der Waals surface area contributed by atoms with E-state index in [1.54, 1.807) is 13.8 Å². The maximum atomic E-state index is 12.1. The van der Waals surface area contributed by atoms with Crippen LogP contribution in [0.4, 0.5) is 9.59 Å². The molecule has 0 saturated heterocycles. The normalized spacial score (nSPS) is 18.7. The Morgan fingerprint density at radius 1 is 1.21 bits per heavy atom. The number of hydrogen-bond acceptors (Lipinski definition) is 4. The van der Waals surface area contributed by atoms with Crippen molar-refractivity contribution in [2.75, 3.05) is 19.8 Å². The molecule has 0 aromatic heterocycles. The van der Waals surface area contributed by atoms with E-state index in [1.807, 2.05) is 26.0 Å². The van der Waals surface area contributed by atoms with Crippen LogP contribution in [0, 0.1) is 5.92 Å². The Hall–Kier alpha value is -1.72. The fourth-order valence-corrected chi connectivity index (χ4v) is 1.91. The van der Waals surface area contributed by atoms with Crippen LogP contribution in [0.5, 0.6) is 0 Å². The van der Waals surface area contributed by atoms with E-state index in [9.17, 15) is 9.59 Å². The SMILES string of the molecule is CCOC(=O)N1CC=C[C@@H](C(C)C)N1C(=O)OCC. The van der Waals surface area contributed by atoms with Crippen molar-refractivity contribution in [3.8, 4) is 0 Å². The van der Waals surface area contributed by atoms with Gasteiger partial charge in [0.05, 0.1) is 25.8 Å². The zero-order valence-electron chi connectivity index (χ0n) is 12.0. The largest absolute Gasteiger partial charge is 0.448 e. The molecule has 1 heterocycles. The summed E-state index contributed by atoms with van der Waals surface area (Å²) < 4.78 is 10.00. The summed E-state index contributed by atoms with van der Waals surface area (Å²) in [5.41, 5.74) is 0. The maximum Gasteiger partial charge on any atom is 0.429 e. The van der Waals surface area contributed by atoms with E-state index in [0.29, 0.717) is 6.54 Å². The van der Waals surface area contributed by atoms with Crippen molar-refractivity contribution in [1.82, 2.24) is 10.0 Å². The van der Waals surface area contributed by atoms with Crippen LogP contribution in [0.15, 0.2) is 12.2 Å². The van der Waals surface area contributed by atoms with Gasteiger partial charge in [0.15, 0.2) is 0 Å². The van der Waals surface area contributed by atoms with Crippen LogP contribution in [-0.4, -0.2) is 48.0 Å². The van der Waals surface area contributed by atoms with E-state index < -0.39 is 12.2 Å². The second-order valence-electron chi connectivity index (χ2n) is 4.49. The Bertz CT molecular complexity index is 355. The van der Waals surface area contributed by atoms with Crippen LogP contribution >= 0.6 is 0 Å². The molecule has 1 atom stereocenters. The lowest BCUT2D eigenvalue weighted by atomic mass is 10.0. The molecule has 0 fully saturated rings. The smallest absolute Gasteiger partial charge is 0.429 e. The molecule has 108 valence electrons. The summed E-state index contributed by atoms with van der Waals surface area (Å²) in [4.78, 5) is 24.0. The molecular weight excluding hydrogens is 248 g/mol. The number of carbonyl (C=O) groups is 2. The van der Waals surface area contributed by atoms with Gasteiger partial charge in [0.2, 0.25) is 0 Å². The van der Waals surface area contributed by atoms with Gasteiger partial charge in [-0.15, -0.1) is 0 Å². The molecule has 1 rings (SSSR count). The van der Waals surface area contributed by atoms with Gasteiger partial charge in [-0.3, -0.25) is 0 Å². The third-order valence-electron chi connectivity index (χ3n) is 2.77. The van der Waals surface area contributed by atoms with Crippen molar-refractivity contribution in [1.29, 1.82) is 0 Å². The van der Waals surface area contributed by atoms with Crippen LogP contribution in [-0.2, 0) is 9.47 Å². The van der Waals surface area contributed by atoms with Gasteiger partial charge in [-0.2, -0.15) is 0 Å². The molecule has 0 radical (unpaired) electrons. The standard InChI is InChI=1S/C13H22N2O4/c1-5-18-12(16)14-9-7-8-11(10(3)4)15(14)13(17)19-6-2/h7-8,10-11H,5-6,9H2,1-4H3/t11-/m0/s1. The first kappa shape index (κ1) is 15.3. The van der Waals surface area contributed by atoms with Crippen molar-refractivity contribution in [3.05, 3.63) is 12.2 Å². The Morgan fingerprint density at radius 2 is 1.79 bits per heavy atom. The Labute approximate surface area is 113 Å². The van der Waals surface area contributed by atoms with Gasteiger partial charge in [-0.1, -0.05) is 26.0 Å². The van der Waals surface area contributed by atoms with E-state index in [-0.39, 0.29) is 25.2 Å². The fourth-order valence-electron chi connectivity index (χ4n) is 1.91. The number of hydrogen-bond donors (Lipinski definition) is 0. The van der Waals surface area contributed by atoms with E-state index in [0.717, 1.165) is 0 Å². The monoisotopic (exact) mass is 270 g/mol. The van der Waals surface area contributed by atoms with Crippen molar-refractivity contribution >= 4 is 12.2 Å². The third kappa shape index (κ3) is 3.62. The number of rotatable bonds is 3. The molecule has 0 spiro atoms. The molecule has 0 aliphatic carbocycles. The van der Waals surface area contributed by atoms with Crippen molar-refractivity contribution < 1.29 is 19.1 Å². The highest BCUT2D eigenvalue weighted by Crippen LogP contribution is 2.21. The lowest BCUT2D eigenvalue weighted by Crippen LogP contribution is -2.57. The fraction of sp³-hybridized carbons (Fsp3) is 0.692. The highest BCUT2D eigenvalue weighted by Gasteiger charge is 2.36. The Kier molecular flexibility index (Phi) is 5.66. The average Bonchev–Trinajstić information content (AvgIpc) is 2.38. The second kappa shape index (κ2) is 7.01. The summed E-state index contributed by atoms with van der Waals surface area (Å²) in [5, 5.41) is 2.62. The minimum absolute atomic E-state index is 0.165. The zero-order chi connectivity index (χ0) is 14.4. The third-order valence-corrected chi connectivity index (χ3v) is 2.77. The van der Waals surface area contributed by atoms with E-state index in [2.05, 4.69) is 0 Å². The number of ether oxygens (including phenoxy) is 2. The molecule has 0 N–H and O–H groups in total. The van der Waals surface area contributed by atoms with Gasteiger partial charge in [-0.25, -0.2) is 19.6 Å². The van der Waals surface area contributed by atoms with Crippen molar-refractivity contribution in [3.63, 3.8) is 0 Å². The lowest BCUT2D eigenvalue weighted by Gasteiger charge is -2.40. The molecule has 1 aliphatic heterocycles. The van der Waals surface area contributed by atoms with E-state index >= 15 is 0 Å². The van der Waals surface area contributed by atoms with Gasteiger partial charge in [0, 0.05) is 0 Å². The van der Waals surface area contributed by atoms with Gasteiger partial charge < -0.3 is 9.47 Å². The van der Waals surface area contributed by atoms with Crippen LogP contribution in [0.25, 0.3) is 0 Å². The summed E-state index contributed by atoms with van der Waals surface area (Å²) >= 11 is 0. The number of carbonyl (C=O) groups excluding carboxylic acids is 2. The average molecular weight is 270 g/mol. The Morgan fingerprint density at radius 3 is 2.32 bits per heavy atom.